The molecular weight excluding hydrogens is 428 g/mol. The standard InChI is InChI=1S/C21H21F2N3O4S/c1-11-5-6-31-16-10-25-9-14(18(27)19(30-2)17(25)21(29)26(11)16)20(28)24-8-12-3-4-13(22)7-15(12)23/h3-4,7,9,11,16H,5-6,8,10H2,1-2H3,(H,24,28)/t11-,16?/m1/s1. The Bertz CT molecular complexity index is 1120. The molecule has 2 atom stereocenters. The molecule has 1 fully saturated rings. The third-order valence-electron chi connectivity index (χ3n) is 5.56. The summed E-state index contributed by atoms with van der Waals surface area (Å²) in [6, 6.07) is 3.07. The minimum absolute atomic E-state index is 0.0425. The number of carbonyl (C=O) groups excluding carboxylic acids is 2. The monoisotopic (exact) mass is 449 g/mol. The molecule has 31 heavy (non-hydrogen) atoms. The van der Waals surface area contributed by atoms with Crippen LogP contribution < -0.4 is 15.5 Å². The van der Waals surface area contributed by atoms with Gasteiger partial charge in [-0.15, -0.1) is 11.8 Å². The first-order chi connectivity index (χ1) is 14.8. The van der Waals surface area contributed by atoms with Crippen molar-refractivity contribution in [3.05, 3.63) is 63.1 Å². The molecule has 1 aromatic heterocycles. The molecule has 4 rings (SSSR count). The number of hydrogen-bond acceptors (Lipinski definition) is 5. The van der Waals surface area contributed by atoms with Crippen molar-refractivity contribution < 1.29 is 23.1 Å². The van der Waals surface area contributed by atoms with Crippen LogP contribution in [-0.4, -0.2) is 45.6 Å². The maximum absolute atomic E-state index is 13.8. The number of hydrogen-bond donors (Lipinski definition) is 1. The van der Waals surface area contributed by atoms with Gasteiger partial charge in [0.25, 0.3) is 11.8 Å². The van der Waals surface area contributed by atoms with E-state index < -0.39 is 23.0 Å². The Hall–Kier alpha value is -2.88. The van der Waals surface area contributed by atoms with Crippen LogP contribution in [0.2, 0.25) is 0 Å². The summed E-state index contributed by atoms with van der Waals surface area (Å²) >= 11 is 1.65. The molecule has 1 aromatic carbocycles. The van der Waals surface area contributed by atoms with Gasteiger partial charge in [0.05, 0.1) is 19.0 Å². The van der Waals surface area contributed by atoms with Gasteiger partial charge < -0.3 is 19.5 Å². The Morgan fingerprint density at radius 1 is 1.32 bits per heavy atom. The van der Waals surface area contributed by atoms with E-state index in [1.807, 2.05) is 6.92 Å². The van der Waals surface area contributed by atoms with Crippen molar-refractivity contribution in [1.82, 2.24) is 14.8 Å². The summed E-state index contributed by atoms with van der Waals surface area (Å²) in [5.74, 6) is -1.83. The Labute approximate surface area is 181 Å². The summed E-state index contributed by atoms with van der Waals surface area (Å²) in [5.41, 5.74) is -0.717. The molecule has 2 amide bonds. The topological polar surface area (TPSA) is 80.6 Å². The van der Waals surface area contributed by atoms with Gasteiger partial charge in [-0.3, -0.25) is 14.4 Å². The van der Waals surface area contributed by atoms with Crippen LogP contribution in [0.3, 0.4) is 0 Å². The molecule has 0 radical (unpaired) electrons. The van der Waals surface area contributed by atoms with Gasteiger partial charge in [0.15, 0.2) is 11.4 Å². The number of halogens is 2. The molecule has 164 valence electrons. The van der Waals surface area contributed by atoms with Gasteiger partial charge in [-0.25, -0.2) is 8.78 Å². The number of amides is 2. The number of rotatable bonds is 4. The zero-order valence-corrected chi connectivity index (χ0v) is 17.8. The predicted octanol–water partition coefficient (Wildman–Crippen LogP) is 2.37. The second kappa shape index (κ2) is 8.33. The first kappa shape index (κ1) is 21.4. The van der Waals surface area contributed by atoms with Crippen LogP contribution in [0.1, 0.15) is 39.8 Å². The average molecular weight is 449 g/mol. The molecule has 0 bridgehead atoms. The quantitative estimate of drug-likeness (QED) is 0.775. The number of nitrogens with one attached hydrogen (secondary N) is 1. The van der Waals surface area contributed by atoms with E-state index in [0.29, 0.717) is 6.54 Å². The molecule has 1 unspecified atom stereocenters. The van der Waals surface area contributed by atoms with Crippen molar-refractivity contribution >= 4 is 23.6 Å². The summed E-state index contributed by atoms with van der Waals surface area (Å²) in [7, 11) is 1.28. The highest BCUT2D eigenvalue weighted by Gasteiger charge is 2.40. The first-order valence-electron chi connectivity index (χ1n) is 9.79. The highest BCUT2D eigenvalue weighted by molar-refractivity contribution is 7.99. The Balaban J connectivity index is 1.66. The fraction of sp³-hybridized carbons (Fsp3) is 0.381. The second-order valence-electron chi connectivity index (χ2n) is 7.50. The maximum atomic E-state index is 13.8. The minimum Gasteiger partial charge on any atom is -0.491 e. The van der Waals surface area contributed by atoms with Crippen LogP contribution in [0.15, 0.2) is 29.2 Å². The number of ether oxygens (including phenoxy) is 1. The largest absolute Gasteiger partial charge is 0.491 e. The van der Waals surface area contributed by atoms with Crippen LogP contribution in [-0.2, 0) is 13.1 Å². The van der Waals surface area contributed by atoms with E-state index in [0.717, 1.165) is 24.3 Å². The molecule has 0 aliphatic carbocycles. The van der Waals surface area contributed by atoms with E-state index in [4.69, 9.17) is 4.74 Å². The molecule has 10 heteroatoms. The van der Waals surface area contributed by atoms with Crippen molar-refractivity contribution in [2.24, 2.45) is 0 Å². The van der Waals surface area contributed by atoms with E-state index in [9.17, 15) is 23.2 Å². The number of nitrogens with zero attached hydrogens (tertiary/aromatic N) is 2. The minimum atomic E-state index is -0.797. The highest BCUT2D eigenvalue weighted by Crippen LogP contribution is 2.35. The summed E-state index contributed by atoms with van der Waals surface area (Å²) in [5, 5.41) is 2.38. The molecule has 2 aromatic rings. The molecule has 0 saturated carbocycles. The number of thioether (sulfide) groups is 1. The Morgan fingerprint density at radius 2 is 2.10 bits per heavy atom. The second-order valence-corrected chi connectivity index (χ2v) is 8.79. The number of aromatic nitrogens is 1. The highest BCUT2D eigenvalue weighted by atomic mass is 32.2. The number of carbonyl (C=O) groups is 2. The van der Waals surface area contributed by atoms with Gasteiger partial charge in [0, 0.05) is 30.4 Å². The summed E-state index contributed by atoms with van der Waals surface area (Å²) in [4.78, 5) is 40.6. The number of methoxy groups -OCH3 is 1. The SMILES string of the molecule is COc1c2n(cc(C(=O)NCc3ccc(F)cc3F)c1=O)CC1SCC[C@@H](C)N1C2=O. The van der Waals surface area contributed by atoms with Gasteiger partial charge in [-0.05, 0) is 25.2 Å². The third-order valence-corrected chi connectivity index (χ3v) is 6.79. The van der Waals surface area contributed by atoms with Crippen LogP contribution in [0, 0.1) is 11.6 Å². The van der Waals surface area contributed by atoms with Crippen molar-refractivity contribution in [3.8, 4) is 5.75 Å². The molecule has 7 nitrogen and oxygen atoms in total. The van der Waals surface area contributed by atoms with Crippen LogP contribution in [0.25, 0.3) is 0 Å². The molecule has 2 aliphatic rings. The lowest BCUT2D eigenvalue weighted by molar-refractivity contribution is 0.0573. The summed E-state index contributed by atoms with van der Waals surface area (Å²) < 4.78 is 33.7. The predicted molar refractivity (Wildman–Crippen MR) is 111 cm³/mol. The van der Waals surface area contributed by atoms with Gasteiger partial charge in [-0.2, -0.15) is 0 Å². The third kappa shape index (κ3) is 3.80. The molecular formula is C21H21F2N3O4S. The Morgan fingerprint density at radius 3 is 2.81 bits per heavy atom. The fourth-order valence-electron chi connectivity index (χ4n) is 3.93. The first-order valence-corrected chi connectivity index (χ1v) is 10.8. The molecule has 2 aliphatic heterocycles. The van der Waals surface area contributed by atoms with Crippen LogP contribution in [0.5, 0.6) is 5.75 Å². The van der Waals surface area contributed by atoms with E-state index in [1.54, 1.807) is 21.2 Å². The van der Waals surface area contributed by atoms with Crippen molar-refractivity contribution in [2.75, 3.05) is 12.9 Å². The lowest BCUT2D eigenvalue weighted by atomic mass is 10.1. The van der Waals surface area contributed by atoms with Crippen LogP contribution in [0.4, 0.5) is 8.78 Å². The average Bonchev–Trinajstić information content (AvgIpc) is 2.73. The molecule has 0 spiro atoms. The van der Waals surface area contributed by atoms with Crippen molar-refractivity contribution in [2.45, 2.75) is 37.8 Å². The number of fused-ring (bicyclic) bond motifs is 2. The molecule has 1 saturated heterocycles. The van der Waals surface area contributed by atoms with Crippen LogP contribution >= 0.6 is 11.8 Å². The fourth-order valence-corrected chi connectivity index (χ4v) is 5.41. The lowest BCUT2D eigenvalue weighted by Gasteiger charge is -2.44. The summed E-state index contributed by atoms with van der Waals surface area (Å²) in [6.07, 6.45) is 2.21. The van der Waals surface area contributed by atoms with Crippen molar-refractivity contribution in [3.63, 3.8) is 0 Å². The molecule has 1 N–H and O–H groups in total. The Kier molecular flexibility index (Phi) is 5.74. The number of pyridine rings is 1. The normalized spacial score (nSPS) is 20.1. The zero-order chi connectivity index (χ0) is 22.3. The molecule has 3 heterocycles. The smallest absolute Gasteiger partial charge is 0.275 e. The van der Waals surface area contributed by atoms with E-state index in [-0.39, 0.29) is 46.4 Å². The maximum Gasteiger partial charge on any atom is 0.275 e. The van der Waals surface area contributed by atoms with E-state index in [2.05, 4.69) is 5.32 Å². The zero-order valence-electron chi connectivity index (χ0n) is 17.0. The number of benzene rings is 1. The van der Waals surface area contributed by atoms with Gasteiger partial charge in [-0.1, -0.05) is 6.07 Å². The van der Waals surface area contributed by atoms with Gasteiger partial charge in [0.1, 0.15) is 17.2 Å². The van der Waals surface area contributed by atoms with Crippen molar-refractivity contribution in [1.29, 1.82) is 0 Å². The lowest BCUT2D eigenvalue weighted by Crippen LogP contribution is -2.54. The van der Waals surface area contributed by atoms with Gasteiger partial charge in [0.2, 0.25) is 5.43 Å². The van der Waals surface area contributed by atoms with E-state index in [1.165, 1.54) is 19.4 Å². The summed E-state index contributed by atoms with van der Waals surface area (Å²) in [6.45, 7) is 2.16. The van der Waals surface area contributed by atoms with Gasteiger partial charge >= 0.3 is 0 Å². The van der Waals surface area contributed by atoms with E-state index >= 15 is 0 Å².